The van der Waals surface area contributed by atoms with Crippen molar-refractivity contribution in [3.05, 3.63) is 0 Å². The molecule has 0 aromatic rings. The first-order valence-corrected chi connectivity index (χ1v) is 5.66. The molecule has 0 saturated carbocycles. The summed E-state index contributed by atoms with van der Waals surface area (Å²) in [5.41, 5.74) is 0. The van der Waals surface area contributed by atoms with Gasteiger partial charge in [-0.3, -0.25) is 0 Å². The lowest BCUT2D eigenvalue weighted by molar-refractivity contribution is 0.0286. The molecule has 0 fully saturated rings. The Balaban J connectivity index is 2.95. The lowest BCUT2D eigenvalue weighted by atomic mass is 10.5. The fourth-order valence-electron chi connectivity index (χ4n) is 0.762. The zero-order valence-electron chi connectivity index (χ0n) is 9.08. The summed E-state index contributed by atoms with van der Waals surface area (Å²) in [5, 5.41) is 2.34. The van der Waals surface area contributed by atoms with E-state index in [1.807, 2.05) is 0 Å². The first kappa shape index (κ1) is 14.4. The molecule has 0 aliphatic carbocycles. The Morgan fingerprint density at radius 3 is 2.33 bits per heavy atom. The molecule has 0 heterocycles. The maximum atomic E-state index is 10.6. The van der Waals surface area contributed by atoms with Gasteiger partial charge in [0, 0.05) is 23.9 Å². The molecule has 1 N–H and O–H groups in total. The third-order valence-electron chi connectivity index (χ3n) is 1.50. The zero-order valence-corrected chi connectivity index (χ0v) is 10.1. The van der Waals surface area contributed by atoms with Gasteiger partial charge in [-0.2, -0.15) is 0 Å². The number of carbonyl (C=O) groups is 1. The van der Waals surface area contributed by atoms with Crippen molar-refractivity contribution in [2.45, 2.75) is 12.5 Å². The monoisotopic (exact) mass is 232 g/mol. The first-order valence-electron chi connectivity index (χ1n) is 4.96. The number of nitrogens with one attached hydrogen (secondary N) is 1. The molecular weight excluding hydrogens is 214 g/mol. The Kier molecular flexibility index (Phi) is 11.0. The Morgan fingerprint density at radius 2 is 1.73 bits per heavy atom. The first-order chi connectivity index (χ1) is 7.31. The van der Waals surface area contributed by atoms with E-state index in [-0.39, 0.29) is 6.61 Å². The summed E-state index contributed by atoms with van der Waals surface area (Å²) in [7, 11) is 4.87. The van der Waals surface area contributed by atoms with Gasteiger partial charge in [0.05, 0.1) is 19.8 Å². The molecule has 0 aromatic heterocycles. The van der Waals surface area contributed by atoms with Crippen LogP contribution in [0.4, 0.5) is 4.79 Å². The molecule has 0 aromatic carbocycles. The Hall–Kier alpha value is -0.593. The molecule has 1 amide bonds. The molecule has 0 atom stereocenters. The van der Waals surface area contributed by atoms with Crippen LogP contribution in [0.1, 0.15) is 6.42 Å². The van der Waals surface area contributed by atoms with E-state index in [1.54, 1.807) is 0 Å². The largest absolute Gasteiger partial charge is 0.447 e. The summed E-state index contributed by atoms with van der Waals surface area (Å²) < 4.78 is 15.1. The normalized spacial score (nSPS) is 10.0. The second-order valence-corrected chi connectivity index (χ2v) is 3.21. The molecule has 0 unspecified atom stereocenters. The number of rotatable bonds is 9. The summed E-state index contributed by atoms with van der Waals surface area (Å²) in [6.07, 6.45) is 0.559. The molecule has 0 bridgehead atoms. The minimum Gasteiger partial charge on any atom is -0.447 e. The highest BCUT2D eigenvalue weighted by atomic mass is 28.1. The van der Waals surface area contributed by atoms with E-state index in [1.165, 1.54) is 7.05 Å². The highest BCUT2D eigenvalue weighted by Gasteiger charge is 1.96. The van der Waals surface area contributed by atoms with Gasteiger partial charge in [-0.1, -0.05) is 6.04 Å². The van der Waals surface area contributed by atoms with E-state index in [4.69, 9.17) is 14.2 Å². The quantitative estimate of drug-likeness (QED) is 0.460. The molecule has 0 spiro atoms. The molecule has 0 aliphatic heterocycles. The van der Waals surface area contributed by atoms with Crippen LogP contribution in [0.15, 0.2) is 0 Å². The molecule has 6 heteroatoms. The summed E-state index contributed by atoms with van der Waals surface area (Å²) >= 11 is 0. The molecule has 15 heavy (non-hydrogen) atoms. The van der Waals surface area contributed by atoms with E-state index in [2.05, 4.69) is 15.6 Å². The second kappa shape index (κ2) is 11.5. The highest BCUT2D eigenvalue weighted by Crippen LogP contribution is 1.87. The fraction of sp³-hybridized carbons (Fsp3) is 0.889. The van der Waals surface area contributed by atoms with Gasteiger partial charge in [0.1, 0.15) is 6.61 Å². The van der Waals surface area contributed by atoms with E-state index >= 15 is 0 Å². The minimum atomic E-state index is -0.438. The average molecular weight is 232 g/mol. The molecule has 87 valence electrons. The third-order valence-corrected chi connectivity index (χ3v) is 1.86. The van der Waals surface area contributed by atoms with Crippen LogP contribution in [-0.4, -0.2) is 56.4 Å². The maximum absolute atomic E-state index is 10.6. The van der Waals surface area contributed by atoms with Crippen LogP contribution in [-0.2, 0) is 14.2 Å². The third kappa shape index (κ3) is 11.3. The number of hydrogen-bond donors (Lipinski definition) is 1. The SMILES string of the molecule is CNC(=O)OCCOCCOCCC[Si]. The summed E-state index contributed by atoms with van der Waals surface area (Å²) in [6.45, 7) is 2.50. The number of hydrogen-bond acceptors (Lipinski definition) is 4. The number of alkyl carbamates (subject to hydrolysis) is 1. The number of ether oxygens (including phenoxy) is 3. The van der Waals surface area contributed by atoms with Gasteiger partial charge in [-0.15, -0.1) is 0 Å². The molecular formula is C9H18NO4Si. The van der Waals surface area contributed by atoms with Crippen molar-refractivity contribution in [3.8, 4) is 0 Å². The van der Waals surface area contributed by atoms with Crippen LogP contribution in [0.25, 0.3) is 0 Å². The van der Waals surface area contributed by atoms with Crippen molar-refractivity contribution >= 4 is 16.3 Å². The smallest absolute Gasteiger partial charge is 0.406 e. The maximum Gasteiger partial charge on any atom is 0.406 e. The predicted octanol–water partition coefficient (Wildman–Crippen LogP) is 0.352. The minimum absolute atomic E-state index is 0.265. The van der Waals surface area contributed by atoms with Crippen molar-refractivity contribution in [1.29, 1.82) is 0 Å². The lowest BCUT2D eigenvalue weighted by Gasteiger charge is -2.06. The van der Waals surface area contributed by atoms with Gasteiger partial charge < -0.3 is 19.5 Å². The molecule has 0 rings (SSSR count). The fourth-order valence-corrected chi connectivity index (χ4v) is 0.906. The Morgan fingerprint density at radius 1 is 1.13 bits per heavy atom. The van der Waals surface area contributed by atoms with Crippen LogP contribution in [0.5, 0.6) is 0 Å². The average Bonchev–Trinajstić information content (AvgIpc) is 2.26. The van der Waals surface area contributed by atoms with Gasteiger partial charge in [0.25, 0.3) is 0 Å². The summed E-state index contributed by atoms with van der Waals surface area (Å²) in [6, 6.07) is 0.945. The molecule has 0 saturated heterocycles. The van der Waals surface area contributed by atoms with Crippen LogP contribution < -0.4 is 5.32 Å². The number of carbonyl (C=O) groups excluding carboxylic acids is 1. The topological polar surface area (TPSA) is 56.8 Å². The molecule has 0 aliphatic rings. The van der Waals surface area contributed by atoms with Crippen LogP contribution in [0.2, 0.25) is 6.04 Å². The van der Waals surface area contributed by atoms with Gasteiger partial charge in [-0.25, -0.2) is 4.79 Å². The predicted molar refractivity (Wildman–Crippen MR) is 57.2 cm³/mol. The van der Waals surface area contributed by atoms with Crippen LogP contribution in [0.3, 0.4) is 0 Å². The summed E-state index contributed by atoms with van der Waals surface area (Å²) in [5.74, 6) is 0. The van der Waals surface area contributed by atoms with Crippen molar-refractivity contribution in [2.75, 3.05) is 40.1 Å². The van der Waals surface area contributed by atoms with Crippen molar-refractivity contribution in [3.63, 3.8) is 0 Å². The zero-order chi connectivity index (χ0) is 11.4. The lowest BCUT2D eigenvalue weighted by Crippen LogP contribution is -2.21. The molecule has 3 radical (unpaired) electrons. The van der Waals surface area contributed by atoms with Gasteiger partial charge in [-0.05, 0) is 6.42 Å². The van der Waals surface area contributed by atoms with Crippen molar-refractivity contribution < 1.29 is 19.0 Å². The number of amides is 1. The van der Waals surface area contributed by atoms with Gasteiger partial charge in [0.2, 0.25) is 0 Å². The van der Waals surface area contributed by atoms with E-state index < -0.39 is 6.09 Å². The second-order valence-electron chi connectivity index (χ2n) is 2.71. The summed E-state index contributed by atoms with van der Waals surface area (Å²) in [4.78, 5) is 10.6. The van der Waals surface area contributed by atoms with Crippen LogP contribution in [0, 0.1) is 0 Å². The van der Waals surface area contributed by atoms with E-state index in [9.17, 15) is 4.79 Å². The van der Waals surface area contributed by atoms with Crippen LogP contribution >= 0.6 is 0 Å². The van der Waals surface area contributed by atoms with Gasteiger partial charge >= 0.3 is 6.09 Å². The van der Waals surface area contributed by atoms with Crippen molar-refractivity contribution in [2.24, 2.45) is 0 Å². The van der Waals surface area contributed by atoms with Crippen molar-refractivity contribution in [1.82, 2.24) is 5.32 Å². The highest BCUT2D eigenvalue weighted by molar-refractivity contribution is 6.08. The molecule has 5 nitrogen and oxygen atoms in total. The Bertz CT molecular complexity index is 157. The standard InChI is InChI=1S/C9H18NO4Si/c1-10-9(11)14-7-6-13-5-4-12-3-2-8-15/h2-8H2,1H3,(H,10,11). The Labute approximate surface area is 93.9 Å². The van der Waals surface area contributed by atoms with E-state index in [0.717, 1.165) is 19.1 Å². The van der Waals surface area contributed by atoms with E-state index in [0.29, 0.717) is 19.8 Å². The van der Waals surface area contributed by atoms with Gasteiger partial charge in [0.15, 0.2) is 0 Å².